The molecule has 0 radical (unpaired) electrons. The summed E-state index contributed by atoms with van der Waals surface area (Å²) in [6.45, 7) is 5.82. The molecule has 1 unspecified atom stereocenters. The van der Waals surface area contributed by atoms with E-state index in [1.165, 1.54) is 5.56 Å². The molecule has 2 heteroatoms. The van der Waals surface area contributed by atoms with Crippen molar-refractivity contribution in [2.75, 3.05) is 7.11 Å². The van der Waals surface area contributed by atoms with Gasteiger partial charge >= 0.3 is 0 Å². The fraction of sp³-hybridized carbons (Fsp3) is 0.385. The summed E-state index contributed by atoms with van der Waals surface area (Å²) in [5.74, 6) is 0.892. The monoisotopic (exact) mass is 205 g/mol. The van der Waals surface area contributed by atoms with Crippen LogP contribution in [-0.4, -0.2) is 13.2 Å². The summed E-state index contributed by atoms with van der Waals surface area (Å²) in [4.78, 5) is 0. The van der Waals surface area contributed by atoms with Crippen LogP contribution in [0.2, 0.25) is 0 Å². The largest absolute Gasteiger partial charge is 0.497 e. The summed E-state index contributed by atoms with van der Waals surface area (Å²) >= 11 is 0. The first-order valence-corrected chi connectivity index (χ1v) is 5.17. The summed E-state index contributed by atoms with van der Waals surface area (Å²) in [6, 6.07) is 8.20. The van der Waals surface area contributed by atoms with Crippen LogP contribution in [0.1, 0.15) is 18.9 Å². The molecule has 0 saturated carbocycles. The van der Waals surface area contributed by atoms with Crippen LogP contribution in [-0.2, 0) is 6.42 Å². The molecule has 0 fully saturated rings. The van der Waals surface area contributed by atoms with Crippen molar-refractivity contribution in [2.45, 2.75) is 25.8 Å². The summed E-state index contributed by atoms with van der Waals surface area (Å²) in [5.41, 5.74) is 8.23. The van der Waals surface area contributed by atoms with Gasteiger partial charge in [0, 0.05) is 6.04 Å². The van der Waals surface area contributed by atoms with Crippen molar-refractivity contribution in [1.82, 2.24) is 0 Å². The Hall–Kier alpha value is -1.28. The van der Waals surface area contributed by atoms with Gasteiger partial charge in [0.2, 0.25) is 0 Å². The van der Waals surface area contributed by atoms with E-state index in [-0.39, 0.29) is 6.04 Å². The second-order valence-corrected chi connectivity index (χ2v) is 3.84. The molecule has 1 atom stereocenters. The van der Waals surface area contributed by atoms with Crippen LogP contribution < -0.4 is 10.5 Å². The lowest BCUT2D eigenvalue weighted by Crippen LogP contribution is -2.21. The van der Waals surface area contributed by atoms with E-state index in [0.717, 1.165) is 24.2 Å². The van der Waals surface area contributed by atoms with E-state index >= 15 is 0 Å². The molecule has 0 aliphatic heterocycles. The van der Waals surface area contributed by atoms with Crippen LogP contribution in [0.5, 0.6) is 5.75 Å². The van der Waals surface area contributed by atoms with Gasteiger partial charge < -0.3 is 10.5 Å². The molecule has 0 spiro atoms. The molecule has 1 aromatic rings. The molecule has 2 nitrogen and oxygen atoms in total. The highest BCUT2D eigenvalue weighted by atomic mass is 16.5. The zero-order valence-electron chi connectivity index (χ0n) is 9.49. The molecule has 0 amide bonds. The number of rotatable bonds is 5. The molecular formula is C13H19NO. The molecule has 0 saturated heterocycles. The summed E-state index contributed by atoms with van der Waals surface area (Å²) in [5, 5.41) is 0. The minimum Gasteiger partial charge on any atom is -0.497 e. The Morgan fingerprint density at radius 3 is 2.47 bits per heavy atom. The number of aryl methyl sites for hydroxylation is 1. The number of hydrogen-bond acceptors (Lipinski definition) is 2. The van der Waals surface area contributed by atoms with Crippen LogP contribution in [0.4, 0.5) is 0 Å². The molecule has 0 aliphatic carbocycles. The Balaban J connectivity index is 2.47. The Morgan fingerprint density at radius 2 is 2.00 bits per heavy atom. The lowest BCUT2D eigenvalue weighted by atomic mass is 10.0. The summed E-state index contributed by atoms with van der Waals surface area (Å²) in [6.07, 6.45) is 1.93. The molecule has 1 rings (SSSR count). The molecule has 82 valence electrons. The van der Waals surface area contributed by atoms with Crippen LogP contribution in [0.15, 0.2) is 36.4 Å². The number of nitrogens with two attached hydrogens (primary N) is 1. The Bertz CT molecular complexity index is 316. The van der Waals surface area contributed by atoms with E-state index in [2.05, 4.69) is 18.7 Å². The first kappa shape index (κ1) is 11.8. The molecular weight excluding hydrogens is 186 g/mol. The van der Waals surface area contributed by atoms with Crippen molar-refractivity contribution in [1.29, 1.82) is 0 Å². The van der Waals surface area contributed by atoms with Gasteiger partial charge in [-0.1, -0.05) is 24.3 Å². The van der Waals surface area contributed by atoms with Crippen molar-refractivity contribution < 1.29 is 4.74 Å². The average molecular weight is 205 g/mol. The normalized spacial score (nSPS) is 12.2. The van der Waals surface area contributed by atoms with E-state index in [0.29, 0.717) is 0 Å². The van der Waals surface area contributed by atoms with Crippen molar-refractivity contribution in [3.8, 4) is 5.75 Å². The predicted molar refractivity (Wildman–Crippen MR) is 64.1 cm³/mol. The minimum atomic E-state index is 0.104. The van der Waals surface area contributed by atoms with Crippen LogP contribution in [0.25, 0.3) is 0 Å². The number of benzene rings is 1. The highest BCUT2D eigenvalue weighted by Crippen LogP contribution is 2.13. The first-order valence-electron chi connectivity index (χ1n) is 5.17. The molecule has 15 heavy (non-hydrogen) atoms. The highest BCUT2D eigenvalue weighted by molar-refractivity contribution is 5.27. The van der Waals surface area contributed by atoms with E-state index < -0.39 is 0 Å². The van der Waals surface area contributed by atoms with Gasteiger partial charge in [-0.25, -0.2) is 0 Å². The third kappa shape index (κ3) is 3.76. The van der Waals surface area contributed by atoms with Gasteiger partial charge in [-0.2, -0.15) is 0 Å². The number of ether oxygens (including phenoxy) is 1. The van der Waals surface area contributed by atoms with E-state index in [1.54, 1.807) is 7.11 Å². The van der Waals surface area contributed by atoms with Gasteiger partial charge in [-0.3, -0.25) is 0 Å². The topological polar surface area (TPSA) is 35.2 Å². The maximum absolute atomic E-state index is 5.90. The lowest BCUT2D eigenvalue weighted by Gasteiger charge is -2.10. The third-order valence-electron chi connectivity index (χ3n) is 2.54. The Morgan fingerprint density at radius 1 is 1.40 bits per heavy atom. The Kier molecular flexibility index (Phi) is 4.37. The average Bonchev–Trinajstić information content (AvgIpc) is 2.26. The van der Waals surface area contributed by atoms with Gasteiger partial charge in [-0.05, 0) is 37.5 Å². The quantitative estimate of drug-likeness (QED) is 0.750. The SMILES string of the molecule is C=C(C)C(N)CCc1ccc(OC)cc1. The molecule has 0 bridgehead atoms. The molecule has 2 N–H and O–H groups in total. The zero-order chi connectivity index (χ0) is 11.3. The Labute approximate surface area is 91.7 Å². The van der Waals surface area contributed by atoms with Crippen LogP contribution >= 0.6 is 0 Å². The predicted octanol–water partition coefficient (Wildman–Crippen LogP) is 2.53. The molecule has 1 aromatic carbocycles. The van der Waals surface area contributed by atoms with Crippen molar-refractivity contribution in [3.05, 3.63) is 42.0 Å². The third-order valence-corrected chi connectivity index (χ3v) is 2.54. The molecule has 0 aliphatic rings. The van der Waals surface area contributed by atoms with E-state index in [1.807, 2.05) is 19.1 Å². The summed E-state index contributed by atoms with van der Waals surface area (Å²) in [7, 11) is 1.67. The highest BCUT2D eigenvalue weighted by Gasteiger charge is 2.03. The van der Waals surface area contributed by atoms with Gasteiger partial charge in [0.15, 0.2) is 0 Å². The number of methoxy groups -OCH3 is 1. The van der Waals surface area contributed by atoms with Gasteiger partial charge in [-0.15, -0.1) is 0 Å². The van der Waals surface area contributed by atoms with E-state index in [4.69, 9.17) is 10.5 Å². The maximum atomic E-state index is 5.90. The second kappa shape index (κ2) is 5.56. The lowest BCUT2D eigenvalue weighted by molar-refractivity contribution is 0.414. The van der Waals surface area contributed by atoms with Crippen LogP contribution in [0.3, 0.4) is 0 Å². The molecule has 0 heterocycles. The summed E-state index contributed by atoms with van der Waals surface area (Å²) < 4.78 is 5.09. The number of hydrogen-bond donors (Lipinski definition) is 1. The van der Waals surface area contributed by atoms with Crippen molar-refractivity contribution in [3.63, 3.8) is 0 Å². The van der Waals surface area contributed by atoms with E-state index in [9.17, 15) is 0 Å². The minimum absolute atomic E-state index is 0.104. The van der Waals surface area contributed by atoms with Crippen molar-refractivity contribution in [2.24, 2.45) is 5.73 Å². The zero-order valence-corrected chi connectivity index (χ0v) is 9.49. The van der Waals surface area contributed by atoms with Gasteiger partial charge in [0.25, 0.3) is 0 Å². The van der Waals surface area contributed by atoms with Gasteiger partial charge in [0.1, 0.15) is 5.75 Å². The smallest absolute Gasteiger partial charge is 0.118 e. The van der Waals surface area contributed by atoms with Crippen molar-refractivity contribution >= 4 is 0 Å². The molecule has 0 aromatic heterocycles. The maximum Gasteiger partial charge on any atom is 0.118 e. The fourth-order valence-electron chi connectivity index (χ4n) is 1.36. The van der Waals surface area contributed by atoms with Gasteiger partial charge in [0.05, 0.1) is 7.11 Å². The van der Waals surface area contributed by atoms with Crippen LogP contribution in [0, 0.1) is 0 Å². The first-order chi connectivity index (χ1) is 7.13. The fourth-order valence-corrected chi connectivity index (χ4v) is 1.36. The second-order valence-electron chi connectivity index (χ2n) is 3.84. The standard InChI is InChI=1S/C13H19NO/c1-10(2)13(14)9-6-11-4-7-12(15-3)8-5-11/h4-5,7-8,13H,1,6,9,14H2,2-3H3.